The molecule has 90 valence electrons. The molecule has 16 heavy (non-hydrogen) atoms. The van der Waals surface area contributed by atoms with Gasteiger partial charge in [-0.1, -0.05) is 0 Å². The number of amides is 1. The lowest BCUT2D eigenvalue weighted by Gasteiger charge is -2.09. The Bertz CT molecular complexity index is 341. The Balaban J connectivity index is 2.41. The van der Waals surface area contributed by atoms with Gasteiger partial charge in [-0.15, -0.1) is 11.3 Å². The minimum absolute atomic E-state index is 0.102. The smallest absolute Gasteiger partial charge is 0.221 e. The van der Waals surface area contributed by atoms with E-state index >= 15 is 0 Å². The Morgan fingerprint density at radius 1 is 1.62 bits per heavy atom. The van der Waals surface area contributed by atoms with Crippen molar-refractivity contribution in [1.82, 2.24) is 5.32 Å². The highest BCUT2D eigenvalue weighted by molar-refractivity contribution is 7.10. The molecule has 0 fully saturated rings. The fourth-order valence-corrected chi connectivity index (χ4v) is 2.00. The zero-order valence-corrected chi connectivity index (χ0v) is 9.88. The highest BCUT2D eigenvalue weighted by atomic mass is 32.1. The molecule has 0 aliphatic rings. The Kier molecular flexibility index (Phi) is 5.41. The molecule has 6 heteroatoms. The molecule has 1 aromatic rings. The van der Waals surface area contributed by atoms with Crippen LogP contribution in [0.1, 0.15) is 11.8 Å². The summed E-state index contributed by atoms with van der Waals surface area (Å²) in [5.74, 6) is -0.102. The van der Waals surface area contributed by atoms with Crippen LogP contribution >= 0.6 is 11.3 Å². The molecular formula is C10H16N2O3S. The Hall–Kier alpha value is -0.950. The highest BCUT2D eigenvalue weighted by Gasteiger charge is 2.06. The van der Waals surface area contributed by atoms with Gasteiger partial charge in [-0.25, -0.2) is 0 Å². The van der Waals surface area contributed by atoms with E-state index in [0.717, 1.165) is 10.6 Å². The van der Waals surface area contributed by atoms with Crippen LogP contribution in [-0.4, -0.2) is 35.4 Å². The van der Waals surface area contributed by atoms with Crippen LogP contribution < -0.4 is 10.6 Å². The number of anilines is 1. The molecule has 1 aromatic heterocycles. The van der Waals surface area contributed by atoms with Gasteiger partial charge in [-0.05, 0) is 11.4 Å². The lowest BCUT2D eigenvalue weighted by molar-refractivity contribution is -0.114. The summed E-state index contributed by atoms with van der Waals surface area (Å²) in [6, 6.07) is 1.84. The summed E-state index contributed by atoms with van der Waals surface area (Å²) in [5.41, 5.74) is 0.795. The summed E-state index contributed by atoms with van der Waals surface area (Å²) >= 11 is 1.53. The van der Waals surface area contributed by atoms with Crippen molar-refractivity contribution in [2.45, 2.75) is 19.6 Å². The Morgan fingerprint density at radius 2 is 2.38 bits per heavy atom. The summed E-state index contributed by atoms with van der Waals surface area (Å²) in [6.45, 7) is 2.10. The first-order valence-electron chi connectivity index (χ1n) is 4.97. The van der Waals surface area contributed by atoms with E-state index in [1.54, 1.807) is 0 Å². The van der Waals surface area contributed by atoms with Crippen LogP contribution in [0.25, 0.3) is 0 Å². The van der Waals surface area contributed by atoms with Crippen molar-refractivity contribution < 1.29 is 15.0 Å². The van der Waals surface area contributed by atoms with Crippen LogP contribution in [0.3, 0.4) is 0 Å². The molecule has 0 aliphatic carbocycles. The third-order valence-corrected chi connectivity index (χ3v) is 2.85. The molecule has 1 rings (SSSR count). The quantitative estimate of drug-likeness (QED) is 0.574. The molecule has 0 bridgehead atoms. The number of hydrogen-bond acceptors (Lipinski definition) is 5. The molecule has 0 spiro atoms. The lowest BCUT2D eigenvalue weighted by Crippen LogP contribution is -2.28. The fourth-order valence-electron chi connectivity index (χ4n) is 1.20. The zero-order valence-electron chi connectivity index (χ0n) is 9.06. The van der Waals surface area contributed by atoms with Crippen molar-refractivity contribution in [2.24, 2.45) is 0 Å². The maximum absolute atomic E-state index is 10.9. The number of aliphatic hydroxyl groups is 2. The van der Waals surface area contributed by atoms with Gasteiger partial charge in [0.2, 0.25) is 5.91 Å². The van der Waals surface area contributed by atoms with Crippen molar-refractivity contribution in [3.05, 3.63) is 16.3 Å². The number of aliphatic hydroxyl groups excluding tert-OH is 2. The topological polar surface area (TPSA) is 81.6 Å². The number of hydrogen-bond donors (Lipinski definition) is 4. The van der Waals surface area contributed by atoms with E-state index in [1.165, 1.54) is 18.3 Å². The maximum atomic E-state index is 10.9. The second-order valence-corrected chi connectivity index (χ2v) is 4.41. The monoisotopic (exact) mass is 244 g/mol. The van der Waals surface area contributed by atoms with E-state index < -0.39 is 6.10 Å². The van der Waals surface area contributed by atoms with Crippen molar-refractivity contribution >= 4 is 22.9 Å². The Labute approximate surface area is 98.1 Å². The first-order valence-corrected chi connectivity index (χ1v) is 5.85. The summed E-state index contributed by atoms with van der Waals surface area (Å²) in [6.07, 6.45) is -0.746. The first-order chi connectivity index (χ1) is 7.63. The zero-order chi connectivity index (χ0) is 12.0. The summed E-state index contributed by atoms with van der Waals surface area (Å²) in [7, 11) is 0. The molecule has 0 saturated heterocycles. The number of carbonyl (C=O) groups is 1. The molecule has 0 radical (unpaired) electrons. The van der Waals surface area contributed by atoms with Gasteiger partial charge in [0.05, 0.1) is 18.4 Å². The largest absolute Gasteiger partial charge is 0.394 e. The predicted octanol–water partition coefficient (Wildman–Crippen LogP) is 0.149. The molecule has 4 N–H and O–H groups in total. The van der Waals surface area contributed by atoms with Crippen LogP contribution in [0, 0.1) is 0 Å². The predicted molar refractivity (Wildman–Crippen MR) is 63.4 cm³/mol. The van der Waals surface area contributed by atoms with Gasteiger partial charge in [0.25, 0.3) is 0 Å². The number of rotatable bonds is 6. The van der Waals surface area contributed by atoms with E-state index in [-0.39, 0.29) is 12.5 Å². The number of thiophene rings is 1. The van der Waals surface area contributed by atoms with E-state index in [9.17, 15) is 4.79 Å². The standard InChI is InChI=1S/C10H16N2O3S/c1-7(14)12-9-2-3-16-10(9)5-11-4-8(15)6-13/h2-3,8,11,13,15H,4-6H2,1H3,(H,12,14). The van der Waals surface area contributed by atoms with Crippen LogP contribution in [0.4, 0.5) is 5.69 Å². The van der Waals surface area contributed by atoms with E-state index in [4.69, 9.17) is 10.2 Å². The summed E-state index contributed by atoms with van der Waals surface area (Å²) < 4.78 is 0. The molecular weight excluding hydrogens is 228 g/mol. The van der Waals surface area contributed by atoms with E-state index in [0.29, 0.717) is 13.1 Å². The van der Waals surface area contributed by atoms with Crippen LogP contribution in [0.5, 0.6) is 0 Å². The highest BCUT2D eigenvalue weighted by Crippen LogP contribution is 2.21. The third-order valence-electron chi connectivity index (χ3n) is 1.93. The SMILES string of the molecule is CC(=O)Nc1ccsc1CNCC(O)CO. The van der Waals surface area contributed by atoms with E-state index in [1.807, 2.05) is 11.4 Å². The van der Waals surface area contributed by atoms with Gasteiger partial charge in [0.15, 0.2) is 0 Å². The second-order valence-electron chi connectivity index (χ2n) is 3.41. The van der Waals surface area contributed by atoms with E-state index in [2.05, 4.69) is 10.6 Å². The molecule has 0 aliphatic heterocycles. The van der Waals surface area contributed by atoms with Gasteiger partial charge >= 0.3 is 0 Å². The van der Waals surface area contributed by atoms with Crippen LogP contribution in [0.15, 0.2) is 11.4 Å². The minimum Gasteiger partial charge on any atom is -0.394 e. The molecule has 1 amide bonds. The number of carbonyl (C=O) groups excluding carboxylic acids is 1. The van der Waals surface area contributed by atoms with Gasteiger partial charge < -0.3 is 20.8 Å². The van der Waals surface area contributed by atoms with Crippen LogP contribution in [-0.2, 0) is 11.3 Å². The average Bonchev–Trinajstić information content (AvgIpc) is 2.64. The molecule has 0 saturated carbocycles. The Morgan fingerprint density at radius 3 is 3.00 bits per heavy atom. The van der Waals surface area contributed by atoms with Crippen molar-refractivity contribution in [1.29, 1.82) is 0 Å². The maximum Gasteiger partial charge on any atom is 0.221 e. The second kappa shape index (κ2) is 6.59. The minimum atomic E-state index is -0.746. The van der Waals surface area contributed by atoms with Crippen molar-refractivity contribution in [2.75, 3.05) is 18.5 Å². The van der Waals surface area contributed by atoms with Gasteiger partial charge in [-0.2, -0.15) is 0 Å². The third kappa shape index (κ3) is 4.28. The average molecular weight is 244 g/mol. The molecule has 0 aromatic carbocycles. The first kappa shape index (κ1) is 13.1. The normalized spacial score (nSPS) is 12.4. The van der Waals surface area contributed by atoms with Crippen molar-refractivity contribution in [3.63, 3.8) is 0 Å². The van der Waals surface area contributed by atoms with Crippen LogP contribution in [0.2, 0.25) is 0 Å². The molecule has 5 nitrogen and oxygen atoms in total. The molecule has 1 unspecified atom stereocenters. The molecule has 1 atom stereocenters. The van der Waals surface area contributed by atoms with Gasteiger partial charge in [0, 0.05) is 24.9 Å². The summed E-state index contributed by atoms with van der Waals surface area (Å²) in [5, 5.41) is 25.4. The molecule has 1 heterocycles. The summed E-state index contributed by atoms with van der Waals surface area (Å²) in [4.78, 5) is 11.9. The lowest BCUT2D eigenvalue weighted by atomic mass is 10.3. The van der Waals surface area contributed by atoms with Gasteiger partial charge in [0.1, 0.15) is 0 Å². The number of nitrogens with one attached hydrogen (secondary N) is 2. The van der Waals surface area contributed by atoms with Gasteiger partial charge in [-0.3, -0.25) is 4.79 Å². The van der Waals surface area contributed by atoms with Crippen molar-refractivity contribution in [3.8, 4) is 0 Å². The fraction of sp³-hybridized carbons (Fsp3) is 0.500.